The molecule has 13 heteroatoms. The molecule has 10 nitrogen and oxygen atoms in total. The highest BCUT2D eigenvalue weighted by Crippen LogP contribution is 2.22. The molecule has 38 heavy (non-hydrogen) atoms. The van der Waals surface area contributed by atoms with Crippen LogP contribution in [-0.4, -0.2) is 71.5 Å². The van der Waals surface area contributed by atoms with Crippen LogP contribution in [0.3, 0.4) is 0 Å². The number of hydrogen-bond donors (Lipinski definition) is 3. The SMILES string of the molecule is CCN(CC)CCCNc1nnc(-c2ccc(NC(=O)c3cccc(OC)c3)cc2)o1.O=C(O)C(F)(F)F. The number of rotatable bonds is 11. The summed E-state index contributed by atoms with van der Waals surface area (Å²) < 4.78 is 42.6. The van der Waals surface area contributed by atoms with Crippen LogP contribution >= 0.6 is 0 Å². The van der Waals surface area contributed by atoms with E-state index in [1.54, 1.807) is 43.5 Å². The average Bonchev–Trinajstić information content (AvgIpc) is 3.38. The van der Waals surface area contributed by atoms with Gasteiger partial charge in [0.25, 0.3) is 5.91 Å². The minimum Gasteiger partial charge on any atom is -0.497 e. The molecule has 3 rings (SSSR count). The molecule has 0 aliphatic carbocycles. The van der Waals surface area contributed by atoms with Crippen molar-refractivity contribution < 1.29 is 37.0 Å². The van der Waals surface area contributed by atoms with Crippen LogP contribution in [0.5, 0.6) is 5.75 Å². The topological polar surface area (TPSA) is 130 Å². The Morgan fingerprint density at radius 1 is 1.08 bits per heavy atom. The molecule has 0 atom stereocenters. The third kappa shape index (κ3) is 9.73. The number of alkyl halides is 3. The van der Waals surface area contributed by atoms with Gasteiger partial charge in [-0.25, -0.2) is 4.79 Å². The first-order valence-electron chi connectivity index (χ1n) is 11.7. The first-order chi connectivity index (χ1) is 18.1. The van der Waals surface area contributed by atoms with Gasteiger partial charge in [0.2, 0.25) is 5.89 Å². The van der Waals surface area contributed by atoms with E-state index >= 15 is 0 Å². The monoisotopic (exact) mass is 537 g/mol. The summed E-state index contributed by atoms with van der Waals surface area (Å²) in [4.78, 5) is 23.7. The van der Waals surface area contributed by atoms with Gasteiger partial charge >= 0.3 is 18.2 Å². The van der Waals surface area contributed by atoms with Gasteiger partial charge in [-0.15, -0.1) is 5.10 Å². The number of methoxy groups -OCH3 is 1. The van der Waals surface area contributed by atoms with Gasteiger partial charge in [-0.05, 0) is 68.5 Å². The maximum absolute atomic E-state index is 12.4. The van der Waals surface area contributed by atoms with Gasteiger partial charge < -0.3 is 29.8 Å². The number of halogens is 3. The maximum Gasteiger partial charge on any atom is 0.490 e. The molecule has 3 aromatic rings. The molecule has 0 spiro atoms. The number of hydrogen-bond acceptors (Lipinski definition) is 8. The van der Waals surface area contributed by atoms with Gasteiger partial charge in [0.05, 0.1) is 7.11 Å². The number of benzene rings is 2. The Morgan fingerprint density at radius 2 is 1.74 bits per heavy atom. The highest BCUT2D eigenvalue weighted by atomic mass is 19.4. The van der Waals surface area contributed by atoms with Crippen LogP contribution in [0.4, 0.5) is 24.9 Å². The van der Waals surface area contributed by atoms with Gasteiger partial charge in [-0.2, -0.15) is 13.2 Å². The fourth-order valence-corrected chi connectivity index (χ4v) is 3.11. The number of carboxylic acids is 1. The van der Waals surface area contributed by atoms with Crippen LogP contribution in [0.15, 0.2) is 52.9 Å². The van der Waals surface area contributed by atoms with Gasteiger partial charge in [-0.3, -0.25) is 4.79 Å². The molecular formula is C25H30F3N5O5. The van der Waals surface area contributed by atoms with Crippen molar-refractivity contribution in [3.05, 3.63) is 54.1 Å². The first kappa shape index (κ1) is 30.1. The minimum absolute atomic E-state index is 0.208. The Morgan fingerprint density at radius 3 is 2.32 bits per heavy atom. The Labute approximate surface area is 217 Å². The van der Waals surface area contributed by atoms with Crippen molar-refractivity contribution in [3.63, 3.8) is 0 Å². The molecule has 1 aromatic heterocycles. The number of carboxylic acid groups (broad SMARTS) is 1. The molecule has 0 aliphatic heterocycles. The third-order valence-corrected chi connectivity index (χ3v) is 5.21. The van der Waals surface area contributed by atoms with Crippen molar-refractivity contribution in [2.45, 2.75) is 26.4 Å². The quantitative estimate of drug-likeness (QED) is 0.296. The highest BCUT2D eigenvalue weighted by Gasteiger charge is 2.38. The van der Waals surface area contributed by atoms with Gasteiger partial charge in [0, 0.05) is 23.4 Å². The van der Waals surface area contributed by atoms with Crippen LogP contribution in [-0.2, 0) is 4.79 Å². The number of aromatic nitrogens is 2. The van der Waals surface area contributed by atoms with Gasteiger partial charge in [0.1, 0.15) is 5.75 Å². The fourth-order valence-electron chi connectivity index (χ4n) is 3.11. The maximum atomic E-state index is 12.4. The molecule has 2 aromatic carbocycles. The van der Waals surface area contributed by atoms with Crippen molar-refractivity contribution in [3.8, 4) is 17.2 Å². The molecule has 0 saturated carbocycles. The average molecular weight is 538 g/mol. The van der Waals surface area contributed by atoms with E-state index in [1.807, 2.05) is 12.1 Å². The zero-order chi connectivity index (χ0) is 28.1. The van der Waals surface area contributed by atoms with Crippen LogP contribution in [0.2, 0.25) is 0 Å². The number of amides is 1. The molecule has 0 aliphatic rings. The summed E-state index contributed by atoms with van der Waals surface area (Å²) >= 11 is 0. The van der Waals surface area contributed by atoms with E-state index in [2.05, 4.69) is 39.6 Å². The number of carbonyl (C=O) groups is 2. The number of carbonyl (C=O) groups excluding carboxylic acids is 1. The van der Waals surface area contributed by atoms with Crippen molar-refractivity contribution in [1.82, 2.24) is 15.1 Å². The van der Waals surface area contributed by atoms with Crippen molar-refractivity contribution in [2.24, 2.45) is 0 Å². The molecule has 0 saturated heterocycles. The van der Waals surface area contributed by atoms with E-state index in [0.29, 0.717) is 28.9 Å². The van der Waals surface area contributed by atoms with E-state index in [9.17, 15) is 18.0 Å². The van der Waals surface area contributed by atoms with E-state index in [0.717, 1.165) is 38.2 Å². The molecule has 0 radical (unpaired) electrons. The van der Waals surface area contributed by atoms with Crippen molar-refractivity contribution in [2.75, 3.05) is 43.9 Å². The summed E-state index contributed by atoms with van der Waals surface area (Å²) in [5.41, 5.74) is 1.98. The number of ether oxygens (including phenoxy) is 1. The Kier molecular flexibility index (Phi) is 11.5. The number of anilines is 2. The lowest BCUT2D eigenvalue weighted by Gasteiger charge is -2.17. The van der Waals surface area contributed by atoms with Crippen molar-refractivity contribution in [1.29, 1.82) is 0 Å². The first-order valence-corrected chi connectivity index (χ1v) is 11.7. The highest BCUT2D eigenvalue weighted by molar-refractivity contribution is 6.04. The molecule has 0 fully saturated rings. The minimum atomic E-state index is -5.08. The second-order valence-corrected chi connectivity index (χ2v) is 7.79. The smallest absolute Gasteiger partial charge is 0.490 e. The Bertz CT molecular complexity index is 1160. The fraction of sp³-hybridized carbons (Fsp3) is 0.360. The lowest BCUT2D eigenvalue weighted by molar-refractivity contribution is -0.192. The lowest BCUT2D eigenvalue weighted by Crippen LogP contribution is -2.25. The predicted molar refractivity (Wildman–Crippen MR) is 135 cm³/mol. The lowest BCUT2D eigenvalue weighted by atomic mass is 10.1. The molecule has 206 valence electrons. The summed E-state index contributed by atoms with van der Waals surface area (Å²) in [7, 11) is 1.57. The number of aliphatic carboxylic acids is 1. The number of nitrogens with zero attached hydrogens (tertiary/aromatic N) is 3. The molecular weight excluding hydrogens is 507 g/mol. The normalized spacial score (nSPS) is 10.9. The van der Waals surface area contributed by atoms with Crippen molar-refractivity contribution >= 4 is 23.6 Å². The zero-order valence-electron chi connectivity index (χ0n) is 21.2. The summed E-state index contributed by atoms with van der Waals surface area (Å²) in [6.07, 6.45) is -4.08. The molecule has 3 N–H and O–H groups in total. The summed E-state index contributed by atoms with van der Waals surface area (Å²) in [6, 6.07) is 14.7. The van der Waals surface area contributed by atoms with Crippen LogP contribution in [0.25, 0.3) is 11.5 Å². The summed E-state index contributed by atoms with van der Waals surface area (Å²) in [6.45, 7) is 8.24. The van der Waals surface area contributed by atoms with E-state index < -0.39 is 12.1 Å². The third-order valence-electron chi connectivity index (χ3n) is 5.21. The molecule has 1 amide bonds. The Hall–Kier alpha value is -4.13. The van der Waals surface area contributed by atoms with Gasteiger partial charge in [0.15, 0.2) is 0 Å². The predicted octanol–water partition coefficient (Wildman–Crippen LogP) is 4.77. The van der Waals surface area contributed by atoms with E-state index in [1.165, 1.54) is 0 Å². The van der Waals surface area contributed by atoms with Crippen LogP contribution in [0, 0.1) is 0 Å². The van der Waals surface area contributed by atoms with E-state index in [4.69, 9.17) is 19.1 Å². The second kappa shape index (κ2) is 14.6. The second-order valence-electron chi connectivity index (χ2n) is 7.79. The Balaban J connectivity index is 0.000000638. The van der Waals surface area contributed by atoms with Crippen LogP contribution < -0.4 is 15.4 Å². The number of nitrogens with one attached hydrogen (secondary N) is 2. The zero-order valence-corrected chi connectivity index (χ0v) is 21.2. The van der Waals surface area contributed by atoms with Crippen LogP contribution in [0.1, 0.15) is 30.6 Å². The summed E-state index contributed by atoms with van der Waals surface area (Å²) in [5.74, 6) is -1.90. The molecule has 0 unspecified atom stereocenters. The standard InChI is InChI=1S/C23H29N5O3.C2HF3O2/c1-4-28(5-2)15-7-14-24-23-27-26-22(31-23)17-10-12-19(13-11-17)25-21(29)18-8-6-9-20(16-18)30-3;3-2(4,5)1(6)7/h6,8-13,16H,4-5,7,14-15H2,1-3H3,(H,24,27)(H,25,29);(H,6,7). The summed E-state index contributed by atoms with van der Waals surface area (Å²) in [5, 5.41) is 21.3. The van der Waals surface area contributed by atoms with E-state index in [-0.39, 0.29) is 5.91 Å². The largest absolute Gasteiger partial charge is 0.497 e. The molecule has 1 heterocycles. The molecule has 0 bridgehead atoms. The van der Waals surface area contributed by atoms with Gasteiger partial charge in [-0.1, -0.05) is 25.0 Å².